The first kappa shape index (κ1) is 14.2. The van der Waals surface area contributed by atoms with E-state index < -0.39 is 11.9 Å². The number of carbonyl (C=O) groups is 2. The largest absolute Gasteiger partial charge is 0.481 e. The van der Waals surface area contributed by atoms with Gasteiger partial charge in [0.2, 0.25) is 0 Å². The highest BCUT2D eigenvalue weighted by molar-refractivity contribution is 5.95. The van der Waals surface area contributed by atoms with Crippen LogP contribution in [0, 0.1) is 5.92 Å². The number of carbonyl (C=O) groups excluding carboxylic acids is 1. The van der Waals surface area contributed by atoms with Crippen molar-refractivity contribution < 1.29 is 14.7 Å². The van der Waals surface area contributed by atoms with Gasteiger partial charge in [-0.1, -0.05) is 11.3 Å². The molecule has 1 fully saturated rings. The Balaban J connectivity index is 1.80. The molecule has 2 aromatic rings. The molecule has 1 saturated heterocycles. The van der Waals surface area contributed by atoms with E-state index in [1.165, 1.54) is 0 Å². The second-order valence-electron chi connectivity index (χ2n) is 5.33. The summed E-state index contributed by atoms with van der Waals surface area (Å²) in [7, 11) is 0. The van der Waals surface area contributed by atoms with Crippen LogP contribution in [-0.2, 0) is 4.79 Å². The highest BCUT2D eigenvalue weighted by Crippen LogP contribution is 2.19. The third kappa shape index (κ3) is 2.83. The molecule has 1 unspecified atom stereocenters. The Morgan fingerprint density at radius 1 is 1.32 bits per heavy atom. The SMILES string of the molecule is O=C(O)C1CCCN(C(=O)c2cccc(-n3ccnn3)c2)C1. The predicted octanol–water partition coefficient (Wildman–Crippen LogP) is 1.20. The first-order valence-electron chi connectivity index (χ1n) is 7.14. The van der Waals surface area contributed by atoms with Crippen LogP contribution < -0.4 is 0 Å². The molecule has 1 aliphatic rings. The van der Waals surface area contributed by atoms with Crippen molar-refractivity contribution in [3.8, 4) is 5.69 Å². The number of hydrogen-bond acceptors (Lipinski definition) is 4. The first-order chi connectivity index (χ1) is 10.6. The summed E-state index contributed by atoms with van der Waals surface area (Å²) in [5, 5.41) is 16.8. The van der Waals surface area contributed by atoms with Gasteiger partial charge >= 0.3 is 5.97 Å². The van der Waals surface area contributed by atoms with Gasteiger partial charge in [0.05, 0.1) is 24.0 Å². The zero-order valence-electron chi connectivity index (χ0n) is 11.9. The lowest BCUT2D eigenvalue weighted by atomic mass is 9.97. The molecule has 1 N–H and O–H groups in total. The standard InChI is InChI=1S/C15H16N4O3/c20-14(18-7-2-4-12(10-18)15(21)22)11-3-1-5-13(9-11)19-8-6-16-17-19/h1,3,5-6,8-9,12H,2,4,7,10H2,(H,21,22). The Hall–Kier alpha value is -2.70. The average molecular weight is 300 g/mol. The molecular weight excluding hydrogens is 284 g/mol. The Bertz CT molecular complexity index is 684. The van der Waals surface area contributed by atoms with Crippen molar-refractivity contribution in [3.05, 3.63) is 42.2 Å². The molecule has 1 aromatic heterocycles. The highest BCUT2D eigenvalue weighted by atomic mass is 16.4. The van der Waals surface area contributed by atoms with Gasteiger partial charge in [-0.25, -0.2) is 4.68 Å². The molecule has 0 aliphatic carbocycles. The van der Waals surface area contributed by atoms with Crippen molar-refractivity contribution in [2.24, 2.45) is 5.92 Å². The van der Waals surface area contributed by atoms with Gasteiger partial charge in [-0.15, -0.1) is 5.10 Å². The lowest BCUT2D eigenvalue weighted by Gasteiger charge is -2.30. The molecule has 2 heterocycles. The van der Waals surface area contributed by atoms with Crippen molar-refractivity contribution in [2.75, 3.05) is 13.1 Å². The quantitative estimate of drug-likeness (QED) is 0.920. The number of aromatic nitrogens is 3. The number of carboxylic acid groups (broad SMARTS) is 1. The normalized spacial score (nSPS) is 18.2. The molecule has 0 saturated carbocycles. The molecule has 114 valence electrons. The van der Waals surface area contributed by atoms with E-state index in [-0.39, 0.29) is 12.5 Å². The second kappa shape index (κ2) is 5.97. The minimum Gasteiger partial charge on any atom is -0.481 e. The second-order valence-corrected chi connectivity index (χ2v) is 5.33. The van der Waals surface area contributed by atoms with E-state index in [0.29, 0.717) is 24.9 Å². The molecule has 3 rings (SSSR count). The van der Waals surface area contributed by atoms with E-state index in [2.05, 4.69) is 10.3 Å². The minimum absolute atomic E-state index is 0.145. The third-order valence-electron chi connectivity index (χ3n) is 3.84. The lowest BCUT2D eigenvalue weighted by molar-refractivity contribution is -0.143. The third-order valence-corrected chi connectivity index (χ3v) is 3.84. The molecule has 0 radical (unpaired) electrons. The van der Waals surface area contributed by atoms with Gasteiger partial charge in [-0.2, -0.15) is 0 Å². The Morgan fingerprint density at radius 2 is 2.18 bits per heavy atom. The molecule has 7 nitrogen and oxygen atoms in total. The lowest BCUT2D eigenvalue weighted by Crippen LogP contribution is -2.42. The van der Waals surface area contributed by atoms with Gasteiger partial charge in [-0.3, -0.25) is 9.59 Å². The van der Waals surface area contributed by atoms with Gasteiger partial charge in [0, 0.05) is 18.7 Å². The summed E-state index contributed by atoms with van der Waals surface area (Å²) >= 11 is 0. The van der Waals surface area contributed by atoms with Crippen molar-refractivity contribution in [2.45, 2.75) is 12.8 Å². The summed E-state index contributed by atoms with van der Waals surface area (Å²) in [5.74, 6) is -1.46. The Kier molecular flexibility index (Phi) is 3.86. The van der Waals surface area contributed by atoms with Crippen LogP contribution in [0.25, 0.3) is 5.69 Å². The number of carboxylic acids is 1. The molecule has 0 bridgehead atoms. The van der Waals surface area contributed by atoms with Gasteiger partial charge in [0.1, 0.15) is 0 Å². The number of aliphatic carboxylic acids is 1. The number of nitrogens with zero attached hydrogens (tertiary/aromatic N) is 4. The van der Waals surface area contributed by atoms with Crippen LogP contribution >= 0.6 is 0 Å². The molecular formula is C15H16N4O3. The summed E-state index contributed by atoms with van der Waals surface area (Å²) in [6, 6.07) is 7.08. The van der Waals surface area contributed by atoms with Crippen LogP contribution in [-0.4, -0.2) is 50.0 Å². The van der Waals surface area contributed by atoms with Gasteiger partial charge < -0.3 is 10.0 Å². The van der Waals surface area contributed by atoms with Crippen LogP contribution in [0.5, 0.6) is 0 Å². The topological polar surface area (TPSA) is 88.3 Å². The molecule has 22 heavy (non-hydrogen) atoms. The van der Waals surface area contributed by atoms with Crippen molar-refractivity contribution >= 4 is 11.9 Å². The molecule has 1 atom stereocenters. The zero-order valence-corrected chi connectivity index (χ0v) is 11.9. The Morgan fingerprint density at radius 3 is 2.91 bits per heavy atom. The highest BCUT2D eigenvalue weighted by Gasteiger charge is 2.28. The maximum absolute atomic E-state index is 12.6. The number of hydrogen-bond donors (Lipinski definition) is 1. The summed E-state index contributed by atoms with van der Waals surface area (Å²) in [5.41, 5.74) is 1.27. The number of piperidine rings is 1. The molecule has 7 heteroatoms. The Labute approximate surface area is 127 Å². The summed E-state index contributed by atoms with van der Waals surface area (Å²) in [6.45, 7) is 0.859. The summed E-state index contributed by atoms with van der Waals surface area (Å²) < 4.78 is 1.58. The number of benzene rings is 1. The molecule has 1 aliphatic heterocycles. The van der Waals surface area contributed by atoms with Gasteiger partial charge in [0.25, 0.3) is 5.91 Å². The van der Waals surface area contributed by atoms with E-state index >= 15 is 0 Å². The maximum atomic E-state index is 12.6. The van der Waals surface area contributed by atoms with Crippen LogP contribution in [0.2, 0.25) is 0 Å². The zero-order chi connectivity index (χ0) is 15.5. The minimum atomic E-state index is -0.839. The van der Waals surface area contributed by atoms with Crippen LogP contribution in [0.4, 0.5) is 0 Å². The monoisotopic (exact) mass is 300 g/mol. The average Bonchev–Trinajstić information content (AvgIpc) is 3.09. The van der Waals surface area contributed by atoms with Crippen molar-refractivity contribution in [3.63, 3.8) is 0 Å². The van der Waals surface area contributed by atoms with Crippen LogP contribution in [0.1, 0.15) is 23.2 Å². The summed E-state index contributed by atoms with van der Waals surface area (Å²) in [6.07, 6.45) is 4.60. The van der Waals surface area contributed by atoms with E-state index in [4.69, 9.17) is 5.11 Å². The van der Waals surface area contributed by atoms with E-state index in [1.54, 1.807) is 40.2 Å². The number of likely N-dealkylation sites (tertiary alicyclic amines) is 1. The van der Waals surface area contributed by atoms with Crippen LogP contribution in [0.15, 0.2) is 36.7 Å². The molecule has 1 aromatic carbocycles. The molecule has 1 amide bonds. The number of amides is 1. The number of rotatable bonds is 3. The molecule has 0 spiro atoms. The smallest absolute Gasteiger partial charge is 0.308 e. The van der Waals surface area contributed by atoms with Gasteiger partial charge in [-0.05, 0) is 31.0 Å². The summed E-state index contributed by atoms with van der Waals surface area (Å²) in [4.78, 5) is 25.3. The predicted molar refractivity (Wildman–Crippen MR) is 77.6 cm³/mol. The van der Waals surface area contributed by atoms with E-state index in [1.807, 2.05) is 6.07 Å². The fraction of sp³-hybridized carbons (Fsp3) is 0.333. The fourth-order valence-corrected chi connectivity index (χ4v) is 2.67. The van der Waals surface area contributed by atoms with E-state index in [9.17, 15) is 9.59 Å². The fourth-order valence-electron chi connectivity index (χ4n) is 2.67. The van der Waals surface area contributed by atoms with Gasteiger partial charge in [0.15, 0.2) is 0 Å². The van der Waals surface area contributed by atoms with Crippen molar-refractivity contribution in [1.82, 2.24) is 19.9 Å². The van der Waals surface area contributed by atoms with E-state index in [0.717, 1.165) is 5.69 Å². The van der Waals surface area contributed by atoms with Crippen LogP contribution in [0.3, 0.4) is 0 Å². The van der Waals surface area contributed by atoms with Crippen molar-refractivity contribution in [1.29, 1.82) is 0 Å². The first-order valence-corrected chi connectivity index (χ1v) is 7.14. The maximum Gasteiger partial charge on any atom is 0.308 e.